The maximum atomic E-state index is 5.80. The molecule has 1 heterocycles. The van der Waals surface area contributed by atoms with Crippen molar-refractivity contribution in [3.05, 3.63) is 42.4 Å². The van der Waals surface area contributed by atoms with Crippen LogP contribution in [0.15, 0.2) is 41.8 Å². The van der Waals surface area contributed by atoms with E-state index in [9.17, 15) is 0 Å². The van der Waals surface area contributed by atoms with Crippen LogP contribution in [0.3, 0.4) is 0 Å². The first-order valence-electron chi connectivity index (χ1n) is 5.69. The maximum absolute atomic E-state index is 5.80. The summed E-state index contributed by atoms with van der Waals surface area (Å²) < 4.78 is 5.58. The Morgan fingerprint density at radius 2 is 2.22 bits per heavy atom. The monoisotopic (exact) mass is 261 g/mol. The Balaban J connectivity index is 2.10. The number of thioether (sulfide) groups is 1. The third-order valence-corrected chi connectivity index (χ3v) is 3.26. The summed E-state index contributed by atoms with van der Waals surface area (Å²) in [5, 5.41) is 0.891. The second-order valence-electron chi connectivity index (χ2n) is 3.63. The summed E-state index contributed by atoms with van der Waals surface area (Å²) in [6.07, 6.45) is 5.10. The average molecular weight is 261 g/mol. The van der Waals surface area contributed by atoms with Gasteiger partial charge >= 0.3 is 0 Å². The largest absolute Gasteiger partial charge is 0.494 e. The Hall–Kier alpha value is -1.75. The maximum Gasteiger partial charge on any atom is 0.123 e. The summed E-state index contributed by atoms with van der Waals surface area (Å²) in [6.45, 7) is 2.61. The Bertz CT molecular complexity index is 505. The van der Waals surface area contributed by atoms with Crippen LogP contribution in [0.1, 0.15) is 12.5 Å². The highest BCUT2D eigenvalue weighted by Gasteiger charge is 2.05. The molecule has 94 valence electrons. The van der Waals surface area contributed by atoms with Crippen LogP contribution in [0, 0.1) is 0 Å². The molecule has 0 amide bonds. The van der Waals surface area contributed by atoms with Crippen LogP contribution in [-0.4, -0.2) is 16.6 Å². The van der Waals surface area contributed by atoms with E-state index in [4.69, 9.17) is 10.5 Å². The zero-order valence-corrected chi connectivity index (χ0v) is 11.0. The number of nitrogens with two attached hydrogens (primary N) is 1. The normalized spacial score (nSPS) is 10.3. The molecule has 1 aromatic carbocycles. The molecule has 5 heteroatoms. The molecule has 0 aliphatic carbocycles. The first kappa shape index (κ1) is 12.7. The average Bonchev–Trinajstić information content (AvgIpc) is 2.40. The fourth-order valence-corrected chi connectivity index (χ4v) is 2.32. The Morgan fingerprint density at radius 1 is 1.33 bits per heavy atom. The molecule has 0 unspecified atom stereocenters. The standard InChI is InChI=1S/C13H15N3OS/c1-2-17-12-4-3-11(14)7-10(12)9-18-13-8-15-5-6-16-13/h3-8H,2,9,14H2,1H3. The lowest BCUT2D eigenvalue weighted by atomic mass is 10.2. The molecule has 0 aliphatic heterocycles. The molecule has 2 rings (SSSR count). The molecule has 2 N–H and O–H groups in total. The number of benzene rings is 1. The van der Waals surface area contributed by atoms with Crippen molar-refractivity contribution in [3.8, 4) is 5.75 Å². The van der Waals surface area contributed by atoms with Crippen molar-refractivity contribution in [1.82, 2.24) is 9.97 Å². The topological polar surface area (TPSA) is 61.0 Å². The van der Waals surface area contributed by atoms with Gasteiger partial charge in [-0.3, -0.25) is 4.98 Å². The van der Waals surface area contributed by atoms with Crippen LogP contribution < -0.4 is 10.5 Å². The van der Waals surface area contributed by atoms with Gasteiger partial charge < -0.3 is 10.5 Å². The molecular weight excluding hydrogens is 246 g/mol. The lowest BCUT2D eigenvalue weighted by Gasteiger charge is -2.10. The number of hydrogen-bond donors (Lipinski definition) is 1. The fourth-order valence-electron chi connectivity index (χ4n) is 1.52. The molecule has 4 nitrogen and oxygen atoms in total. The molecular formula is C13H15N3OS. The van der Waals surface area contributed by atoms with E-state index in [1.54, 1.807) is 30.4 Å². The van der Waals surface area contributed by atoms with Crippen LogP contribution >= 0.6 is 11.8 Å². The van der Waals surface area contributed by atoms with Gasteiger partial charge in [-0.25, -0.2) is 4.98 Å². The van der Waals surface area contributed by atoms with E-state index in [0.717, 1.165) is 27.8 Å². The summed E-state index contributed by atoms with van der Waals surface area (Å²) in [5.41, 5.74) is 7.62. The molecule has 0 aliphatic rings. The highest BCUT2D eigenvalue weighted by molar-refractivity contribution is 7.98. The van der Waals surface area contributed by atoms with Gasteiger partial charge in [0.25, 0.3) is 0 Å². The molecule has 0 spiro atoms. The van der Waals surface area contributed by atoms with E-state index in [1.165, 1.54) is 0 Å². The van der Waals surface area contributed by atoms with Gasteiger partial charge in [0.1, 0.15) is 10.8 Å². The second-order valence-corrected chi connectivity index (χ2v) is 4.63. The zero-order chi connectivity index (χ0) is 12.8. The minimum atomic E-state index is 0.646. The number of nitrogen functional groups attached to an aromatic ring is 1. The van der Waals surface area contributed by atoms with Crippen LogP contribution in [0.2, 0.25) is 0 Å². The third kappa shape index (κ3) is 3.37. The molecule has 0 saturated carbocycles. The van der Waals surface area contributed by atoms with Crippen LogP contribution in [-0.2, 0) is 5.75 Å². The van der Waals surface area contributed by atoms with Gasteiger partial charge in [0.05, 0.1) is 12.8 Å². The van der Waals surface area contributed by atoms with Crippen molar-refractivity contribution in [2.45, 2.75) is 17.7 Å². The molecule has 0 atom stereocenters. The van der Waals surface area contributed by atoms with Gasteiger partial charge in [0.15, 0.2) is 0 Å². The van der Waals surface area contributed by atoms with E-state index in [1.807, 2.05) is 25.1 Å². The minimum absolute atomic E-state index is 0.646. The van der Waals surface area contributed by atoms with Crippen LogP contribution in [0.5, 0.6) is 5.75 Å². The predicted molar refractivity (Wildman–Crippen MR) is 73.6 cm³/mol. The van der Waals surface area contributed by atoms with Crippen LogP contribution in [0.25, 0.3) is 0 Å². The van der Waals surface area contributed by atoms with Gasteiger partial charge in [-0.15, -0.1) is 0 Å². The first-order valence-corrected chi connectivity index (χ1v) is 6.68. The molecule has 1 aromatic heterocycles. The summed E-state index contributed by atoms with van der Waals surface area (Å²) >= 11 is 1.61. The van der Waals surface area contributed by atoms with E-state index in [-0.39, 0.29) is 0 Å². The van der Waals surface area contributed by atoms with Gasteiger partial charge in [-0.2, -0.15) is 0 Å². The lowest BCUT2D eigenvalue weighted by molar-refractivity contribution is 0.337. The predicted octanol–water partition coefficient (Wildman–Crippen LogP) is 2.75. The summed E-state index contributed by atoms with van der Waals surface area (Å²) in [6, 6.07) is 5.70. The first-order chi connectivity index (χ1) is 8.79. The Kier molecular flexibility index (Phi) is 4.41. The summed E-state index contributed by atoms with van der Waals surface area (Å²) in [7, 11) is 0. The van der Waals surface area contributed by atoms with Crippen molar-refractivity contribution >= 4 is 17.4 Å². The Labute approximate surface area is 111 Å². The number of ether oxygens (including phenoxy) is 1. The molecule has 18 heavy (non-hydrogen) atoms. The van der Waals surface area contributed by atoms with Crippen LogP contribution in [0.4, 0.5) is 5.69 Å². The van der Waals surface area contributed by atoms with E-state index >= 15 is 0 Å². The van der Waals surface area contributed by atoms with Gasteiger partial charge in [-0.1, -0.05) is 11.8 Å². The second kappa shape index (κ2) is 6.26. The quantitative estimate of drug-likeness (QED) is 0.662. The Morgan fingerprint density at radius 3 is 2.94 bits per heavy atom. The number of nitrogens with zero attached hydrogens (tertiary/aromatic N) is 2. The minimum Gasteiger partial charge on any atom is -0.494 e. The molecule has 0 saturated heterocycles. The highest BCUT2D eigenvalue weighted by atomic mass is 32.2. The SMILES string of the molecule is CCOc1ccc(N)cc1CSc1cnccn1. The van der Waals surface area contributed by atoms with Gasteiger partial charge in [-0.05, 0) is 25.1 Å². The van der Waals surface area contributed by atoms with Crippen molar-refractivity contribution in [1.29, 1.82) is 0 Å². The van der Waals surface area contributed by atoms with E-state index in [2.05, 4.69) is 9.97 Å². The van der Waals surface area contributed by atoms with E-state index < -0.39 is 0 Å². The van der Waals surface area contributed by atoms with E-state index in [0.29, 0.717) is 6.61 Å². The van der Waals surface area contributed by atoms with Gasteiger partial charge in [0, 0.05) is 29.4 Å². The third-order valence-electron chi connectivity index (χ3n) is 2.30. The smallest absolute Gasteiger partial charge is 0.123 e. The number of hydrogen-bond acceptors (Lipinski definition) is 5. The molecule has 0 radical (unpaired) electrons. The molecule has 0 bridgehead atoms. The van der Waals surface area contributed by atoms with Crippen molar-refractivity contribution in [2.75, 3.05) is 12.3 Å². The number of rotatable bonds is 5. The molecule has 2 aromatic rings. The zero-order valence-electron chi connectivity index (χ0n) is 10.2. The lowest BCUT2D eigenvalue weighted by Crippen LogP contribution is -1.97. The summed E-state index contributed by atoms with van der Waals surface area (Å²) in [5.74, 6) is 1.64. The van der Waals surface area contributed by atoms with Crippen molar-refractivity contribution in [2.24, 2.45) is 0 Å². The fraction of sp³-hybridized carbons (Fsp3) is 0.231. The van der Waals surface area contributed by atoms with Crippen molar-refractivity contribution in [3.63, 3.8) is 0 Å². The highest BCUT2D eigenvalue weighted by Crippen LogP contribution is 2.28. The number of aromatic nitrogens is 2. The summed E-state index contributed by atoms with van der Waals surface area (Å²) in [4.78, 5) is 8.25. The number of anilines is 1. The molecule has 0 fully saturated rings. The van der Waals surface area contributed by atoms with Gasteiger partial charge in [0.2, 0.25) is 0 Å². The van der Waals surface area contributed by atoms with Crippen molar-refractivity contribution < 1.29 is 4.74 Å².